The maximum atomic E-state index is 5.79. The summed E-state index contributed by atoms with van der Waals surface area (Å²) in [6, 6.07) is 1.80. The Hall–Kier alpha value is -2.28. The van der Waals surface area contributed by atoms with Crippen LogP contribution in [-0.4, -0.2) is 20.1 Å². The Kier molecular flexibility index (Phi) is 2.52. The Morgan fingerprint density at radius 3 is 2.67 bits per heavy atom. The Balaban J connectivity index is 1.99. The number of nitrogen functional groups attached to an aromatic ring is 1. The van der Waals surface area contributed by atoms with Crippen LogP contribution in [0.4, 0.5) is 5.69 Å². The third-order valence-electron chi connectivity index (χ3n) is 2.30. The number of nitrogens with zero attached hydrogens (tertiary/aromatic N) is 4. The Labute approximate surface area is 107 Å². The van der Waals surface area contributed by atoms with E-state index in [-0.39, 0.29) is 0 Å². The largest absolute Gasteiger partial charge is 0.397 e. The molecular weight excluding hydrogens is 250 g/mol. The maximum absolute atomic E-state index is 5.79. The molecule has 0 spiro atoms. The smallest absolute Gasteiger partial charge is 0.270 e. The van der Waals surface area contributed by atoms with Crippen molar-refractivity contribution in [2.24, 2.45) is 0 Å². The lowest BCUT2D eigenvalue weighted by molar-refractivity contribution is 0.433. The molecule has 0 aromatic carbocycles. The lowest BCUT2D eigenvalue weighted by atomic mass is 10.4. The molecule has 0 unspecified atom stereocenters. The summed E-state index contributed by atoms with van der Waals surface area (Å²) in [7, 11) is 0. The van der Waals surface area contributed by atoms with Gasteiger partial charge in [0.2, 0.25) is 11.6 Å². The average Bonchev–Trinajstić information content (AvgIpc) is 2.98. The van der Waals surface area contributed by atoms with Crippen LogP contribution in [0.2, 0.25) is 0 Å². The maximum Gasteiger partial charge on any atom is 0.270 e. The van der Waals surface area contributed by atoms with Crippen molar-refractivity contribution >= 4 is 17.0 Å². The van der Waals surface area contributed by atoms with Gasteiger partial charge in [0.1, 0.15) is 4.88 Å². The number of anilines is 1. The van der Waals surface area contributed by atoms with E-state index in [2.05, 4.69) is 20.1 Å². The van der Waals surface area contributed by atoms with Gasteiger partial charge in [-0.1, -0.05) is 5.16 Å². The lowest BCUT2D eigenvalue weighted by Crippen LogP contribution is -1.91. The van der Waals surface area contributed by atoms with Crippen molar-refractivity contribution < 1.29 is 4.52 Å². The predicted molar refractivity (Wildman–Crippen MR) is 67.8 cm³/mol. The van der Waals surface area contributed by atoms with Gasteiger partial charge >= 0.3 is 0 Å². The van der Waals surface area contributed by atoms with E-state index in [0.29, 0.717) is 23.2 Å². The van der Waals surface area contributed by atoms with Crippen LogP contribution in [-0.2, 0) is 0 Å². The van der Waals surface area contributed by atoms with Gasteiger partial charge in [-0.2, -0.15) is 4.98 Å². The summed E-state index contributed by atoms with van der Waals surface area (Å²) >= 11 is 1.45. The van der Waals surface area contributed by atoms with E-state index in [1.165, 1.54) is 11.3 Å². The van der Waals surface area contributed by atoms with E-state index in [1.807, 2.05) is 12.3 Å². The molecule has 3 rings (SSSR count). The third-order valence-corrected chi connectivity index (χ3v) is 3.22. The van der Waals surface area contributed by atoms with Crippen LogP contribution in [0.1, 0.15) is 5.56 Å². The molecule has 0 fully saturated rings. The fourth-order valence-electron chi connectivity index (χ4n) is 1.41. The number of rotatable bonds is 2. The molecule has 0 aliphatic rings. The van der Waals surface area contributed by atoms with Crippen molar-refractivity contribution in [3.63, 3.8) is 0 Å². The van der Waals surface area contributed by atoms with Crippen LogP contribution >= 0.6 is 11.3 Å². The molecule has 90 valence electrons. The minimum atomic E-state index is 0.359. The van der Waals surface area contributed by atoms with Crippen molar-refractivity contribution in [2.45, 2.75) is 6.92 Å². The van der Waals surface area contributed by atoms with E-state index in [0.717, 1.165) is 10.4 Å². The first kappa shape index (κ1) is 10.8. The van der Waals surface area contributed by atoms with Gasteiger partial charge in [0.15, 0.2) is 0 Å². The summed E-state index contributed by atoms with van der Waals surface area (Å²) in [5.41, 5.74) is 7.39. The van der Waals surface area contributed by atoms with Crippen molar-refractivity contribution in [1.29, 1.82) is 0 Å². The van der Waals surface area contributed by atoms with Gasteiger partial charge in [-0.15, -0.1) is 11.3 Å². The van der Waals surface area contributed by atoms with Crippen LogP contribution in [0.5, 0.6) is 0 Å². The number of hydrogen-bond donors (Lipinski definition) is 1. The van der Waals surface area contributed by atoms with Crippen molar-refractivity contribution in [3.8, 4) is 22.4 Å². The van der Waals surface area contributed by atoms with Gasteiger partial charge in [0, 0.05) is 12.4 Å². The molecule has 6 nitrogen and oxygen atoms in total. The van der Waals surface area contributed by atoms with Gasteiger partial charge in [-0.3, -0.25) is 0 Å². The van der Waals surface area contributed by atoms with Crippen LogP contribution in [0.3, 0.4) is 0 Å². The summed E-state index contributed by atoms with van der Waals surface area (Å²) in [5.74, 6) is 1.19. The van der Waals surface area contributed by atoms with E-state index in [4.69, 9.17) is 10.3 Å². The first-order valence-corrected chi connectivity index (χ1v) is 6.08. The Bertz CT molecular complexity index is 673. The zero-order valence-electron chi connectivity index (χ0n) is 9.49. The van der Waals surface area contributed by atoms with Gasteiger partial charge in [0.25, 0.3) is 5.89 Å². The Morgan fingerprint density at radius 1 is 1.22 bits per heavy atom. The lowest BCUT2D eigenvalue weighted by Gasteiger charge is -1.92. The highest BCUT2D eigenvalue weighted by atomic mass is 32.1. The Morgan fingerprint density at radius 2 is 2.00 bits per heavy atom. The number of aryl methyl sites for hydroxylation is 1. The second kappa shape index (κ2) is 4.19. The molecule has 0 saturated carbocycles. The standard InChI is InChI=1S/C11H9N5OS/c1-6-4-13-9(14-5-6)10-15-11(17-16-10)8-7(12)2-3-18-8/h2-5H,12H2,1H3. The monoisotopic (exact) mass is 259 g/mol. The molecular formula is C11H9N5OS. The fraction of sp³-hybridized carbons (Fsp3) is 0.0909. The fourth-order valence-corrected chi connectivity index (χ4v) is 2.15. The molecule has 18 heavy (non-hydrogen) atoms. The van der Waals surface area contributed by atoms with Gasteiger partial charge < -0.3 is 10.3 Å². The molecule has 0 aliphatic carbocycles. The summed E-state index contributed by atoms with van der Waals surface area (Å²) in [5, 5.41) is 5.73. The number of thiophene rings is 1. The molecule has 3 heterocycles. The number of nitrogens with two attached hydrogens (primary N) is 1. The van der Waals surface area contributed by atoms with E-state index >= 15 is 0 Å². The van der Waals surface area contributed by atoms with Crippen molar-refractivity contribution in [3.05, 3.63) is 29.4 Å². The third kappa shape index (κ3) is 1.84. The molecule has 0 amide bonds. The second-order valence-corrected chi connectivity index (χ2v) is 4.63. The van der Waals surface area contributed by atoms with Crippen LogP contribution in [0.15, 0.2) is 28.4 Å². The quantitative estimate of drug-likeness (QED) is 0.758. The average molecular weight is 259 g/mol. The normalized spacial score (nSPS) is 10.7. The highest BCUT2D eigenvalue weighted by Gasteiger charge is 2.15. The summed E-state index contributed by atoms with van der Waals surface area (Å²) in [6.07, 6.45) is 3.41. The highest BCUT2D eigenvalue weighted by Crippen LogP contribution is 2.30. The zero-order valence-corrected chi connectivity index (χ0v) is 10.3. The minimum absolute atomic E-state index is 0.359. The molecule has 2 N–H and O–H groups in total. The van der Waals surface area contributed by atoms with Crippen molar-refractivity contribution in [2.75, 3.05) is 5.73 Å². The molecule has 3 aromatic heterocycles. The molecule has 0 aliphatic heterocycles. The summed E-state index contributed by atoms with van der Waals surface area (Å²) in [6.45, 7) is 1.91. The first-order valence-electron chi connectivity index (χ1n) is 5.20. The minimum Gasteiger partial charge on any atom is -0.397 e. The second-order valence-electron chi connectivity index (χ2n) is 3.71. The van der Waals surface area contributed by atoms with E-state index in [9.17, 15) is 0 Å². The summed E-state index contributed by atoms with van der Waals surface area (Å²) in [4.78, 5) is 13.3. The van der Waals surface area contributed by atoms with Gasteiger partial charge in [-0.25, -0.2) is 9.97 Å². The molecule has 3 aromatic rings. The molecule has 0 radical (unpaired) electrons. The zero-order chi connectivity index (χ0) is 12.5. The summed E-state index contributed by atoms with van der Waals surface area (Å²) < 4.78 is 5.16. The first-order chi connectivity index (χ1) is 8.74. The van der Waals surface area contributed by atoms with Crippen molar-refractivity contribution in [1.82, 2.24) is 20.1 Å². The van der Waals surface area contributed by atoms with E-state index < -0.39 is 0 Å². The topological polar surface area (TPSA) is 90.7 Å². The highest BCUT2D eigenvalue weighted by molar-refractivity contribution is 7.14. The van der Waals surface area contributed by atoms with Crippen LogP contribution in [0, 0.1) is 6.92 Å². The molecule has 0 atom stereocenters. The van der Waals surface area contributed by atoms with Gasteiger partial charge in [-0.05, 0) is 23.9 Å². The molecule has 7 heteroatoms. The van der Waals surface area contributed by atoms with Crippen LogP contribution in [0.25, 0.3) is 22.4 Å². The van der Waals surface area contributed by atoms with Gasteiger partial charge in [0.05, 0.1) is 5.69 Å². The van der Waals surface area contributed by atoms with E-state index in [1.54, 1.807) is 18.5 Å². The number of aromatic nitrogens is 4. The SMILES string of the molecule is Cc1cnc(-c2noc(-c3sccc3N)n2)nc1. The number of hydrogen-bond acceptors (Lipinski definition) is 7. The molecule has 0 saturated heterocycles. The van der Waals surface area contributed by atoms with Crippen LogP contribution < -0.4 is 5.73 Å². The predicted octanol–water partition coefficient (Wildman–Crippen LogP) is 2.15. The molecule has 0 bridgehead atoms.